The summed E-state index contributed by atoms with van der Waals surface area (Å²) in [6.45, 7) is 4.49. The number of ether oxygens (including phenoxy) is 1. The molecule has 34 heavy (non-hydrogen) atoms. The fraction of sp³-hybridized carbons (Fsp3) is 0.345. The van der Waals surface area contributed by atoms with Gasteiger partial charge in [-0.05, 0) is 80.0 Å². The number of methoxy groups -OCH3 is 1. The lowest BCUT2D eigenvalue weighted by molar-refractivity contribution is 0.0800. The molecule has 2 aromatic carbocycles. The first kappa shape index (κ1) is 22.6. The molecular formula is C29H33N3O2. The molecule has 0 spiro atoms. The summed E-state index contributed by atoms with van der Waals surface area (Å²) in [6.07, 6.45) is 8.00. The van der Waals surface area contributed by atoms with Crippen molar-refractivity contribution in [3.05, 3.63) is 94.4 Å². The molecule has 0 saturated heterocycles. The smallest absolute Gasteiger partial charge is 0.0996 e. The number of nitrogens with one attached hydrogen (secondary N) is 2. The van der Waals surface area contributed by atoms with Gasteiger partial charge in [0.1, 0.15) is 0 Å². The van der Waals surface area contributed by atoms with Crippen LogP contribution in [0.25, 0.3) is 10.9 Å². The van der Waals surface area contributed by atoms with Gasteiger partial charge >= 0.3 is 0 Å². The summed E-state index contributed by atoms with van der Waals surface area (Å²) in [4.78, 5) is 7.94. The zero-order valence-corrected chi connectivity index (χ0v) is 20.2. The molecule has 0 aliphatic heterocycles. The maximum absolute atomic E-state index is 10.5. The highest BCUT2D eigenvalue weighted by molar-refractivity contribution is 5.86. The van der Waals surface area contributed by atoms with Crippen LogP contribution in [0.1, 0.15) is 59.9 Å². The molecule has 0 bridgehead atoms. The Bertz CT molecular complexity index is 1290. The fourth-order valence-corrected chi connectivity index (χ4v) is 5.15. The average molecular weight is 456 g/mol. The highest BCUT2D eigenvalue weighted by Crippen LogP contribution is 2.34. The number of hydrogen-bond donors (Lipinski definition) is 3. The van der Waals surface area contributed by atoms with Gasteiger partial charge in [-0.1, -0.05) is 30.3 Å². The fourth-order valence-electron chi connectivity index (χ4n) is 5.15. The predicted octanol–water partition coefficient (Wildman–Crippen LogP) is 5.67. The first-order valence-corrected chi connectivity index (χ1v) is 12.1. The monoisotopic (exact) mass is 455 g/mol. The molecule has 0 saturated carbocycles. The zero-order valence-electron chi connectivity index (χ0n) is 20.2. The summed E-state index contributed by atoms with van der Waals surface area (Å²) in [5, 5.41) is 15.2. The number of aromatic amines is 1. The number of para-hydroxylation sites is 1. The van der Waals surface area contributed by atoms with Crippen LogP contribution in [0.3, 0.4) is 0 Å². The SMILES string of the molecule is COC1CCc2c(Cc3ccc(NCCc4c[nH]c5c(C(C)(C)O)cccc45)cc3)ccnc21. The molecule has 0 amide bonds. The molecule has 3 N–H and O–H groups in total. The van der Waals surface area contributed by atoms with Gasteiger partial charge in [0.05, 0.1) is 22.9 Å². The van der Waals surface area contributed by atoms with E-state index in [1.165, 1.54) is 27.6 Å². The minimum absolute atomic E-state index is 0.139. The average Bonchev–Trinajstić information content (AvgIpc) is 3.44. The van der Waals surface area contributed by atoms with Crippen molar-refractivity contribution in [1.29, 1.82) is 0 Å². The lowest BCUT2D eigenvalue weighted by Gasteiger charge is -2.18. The molecule has 2 aromatic heterocycles. The zero-order chi connectivity index (χ0) is 23.7. The first-order chi connectivity index (χ1) is 16.4. The largest absolute Gasteiger partial charge is 0.386 e. The summed E-state index contributed by atoms with van der Waals surface area (Å²) in [5.41, 5.74) is 8.60. The van der Waals surface area contributed by atoms with E-state index in [1.54, 1.807) is 7.11 Å². The summed E-state index contributed by atoms with van der Waals surface area (Å²) in [5.74, 6) is 0. The third-order valence-electron chi connectivity index (χ3n) is 6.96. The Morgan fingerprint density at radius 1 is 1.12 bits per heavy atom. The number of hydrogen-bond acceptors (Lipinski definition) is 4. The molecule has 176 valence electrons. The molecule has 4 aromatic rings. The Kier molecular flexibility index (Phi) is 6.15. The van der Waals surface area contributed by atoms with Crippen LogP contribution in [0, 0.1) is 0 Å². The van der Waals surface area contributed by atoms with Gasteiger partial charge in [0.2, 0.25) is 0 Å². The second-order valence-corrected chi connectivity index (χ2v) is 9.75. The van der Waals surface area contributed by atoms with Crippen LogP contribution in [-0.4, -0.2) is 28.7 Å². The summed E-state index contributed by atoms with van der Waals surface area (Å²) in [6, 6.07) is 17.0. The van der Waals surface area contributed by atoms with E-state index in [1.807, 2.05) is 32.2 Å². The number of aliphatic hydroxyl groups is 1. The standard InChI is InChI=1S/C29H33N3O2/c1-29(2,33)25-6-4-5-23-21(18-32-27(23)25)14-15-30-22-9-7-19(8-10-22)17-20-13-16-31-28-24(20)11-12-26(28)34-3/h4-10,13,16,18,26,30,32-33H,11-12,14-15,17H2,1-3H3. The number of benzene rings is 2. The van der Waals surface area contributed by atoms with E-state index in [-0.39, 0.29) is 6.10 Å². The molecular weight excluding hydrogens is 422 g/mol. The Hall–Kier alpha value is -3.15. The van der Waals surface area contributed by atoms with Crippen molar-refractivity contribution in [1.82, 2.24) is 9.97 Å². The third kappa shape index (κ3) is 4.46. The Morgan fingerprint density at radius 3 is 2.71 bits per heavy atom. The molecule has 5 heteroatoms. The van der Waals surface area contributed by atoms with Crippen molar-refractivity contribution in [3.8, 4) is 0 Å². The lowest BCUT2D eigenvalue weighted by Crippen LogP contribution is -2.15. The van der Waals surface area contributed by atoms with Crippen LogP contribution >= 0.6 is 0 Å². The van der Waals surface area contributed by atoms with Crippen LogP contribution < -0.4 is 5.32 Å². The van der Waals surface area contributed by atoms with Crippen LogP contribution in [0.5, 0.6) is 0 Å². The van der Waals surface area contributed by atoms with Gasteiger partial charge in [0, 0.05) is 42.7 Å². The van der Waals surface area contributed by atoms with E-state index in [9.17, 15) is 5.11 Å². The van der Waals surface area contributed by atoms with Crippen LogP contribution in [0.2, 0.25) is 0 Å². The van der Waals surface area contributed by atoms with Crippen LogP contribution in [0.4, 0.5) is 5.69 Å². The normalized spacial score (nSPS) is 15.6. The van der Waals surface area contributed by atoms with Gasteiger partial charge in [-0.3, -0.25) is 4.98 Å². The van der Waals surface area contributed by atoms with Crippen molar-refractivity contribution in [3.63, 3.8) is 0 Å². The van der Waals surface area contributed by atoms with E-state index in [0.29, 0.717) is 0 Å². The van der Waals surface area contributed by atoms with Crippen molar-refractivity contribution < 1.29 is 9.84 Å². The van der Waals surface area contributed by atoms with Gasteiger partial charge in [0.15, 0.2) is 0 Å². The molecule has 1 aliphatic carbocycles. The molecule has 2 heterocycles. The van der Waals surface area contributed by atoms with Crippen molar-refractivity contribution in [2.45, 2.75) is 51.2 Å². The number of anilines is 1. The van der Waals surface area contributed by atoms with Gasteiger partial charge in [0.25, 0.3) is 0 Å². The molecule has 1 atom stereocenters. The van der Waals surface area contributed by atoms with Gasteiger partial charge in [-0.15, -0.1) is 0 Å². The molecule has 5 rings (SSSR count). The molecule has 1 unspecified atom stereocenters. The van der Waals surface area contributed by atoms with Crippen LogP contribution in [0.15, 0.2) is 60.9 Å². The number of nitrogens with zero attached hydrogens (tertiary/aromatic N) is 1. The maximum atomic E-state index is 10.5. The second kappa shape index (κ2) is 9.24. The highest BCUT2D eigenvalue weighted by atomic mass is 16.5. The van der Waals surface area contributed by atoms with E-state index in [2.05, 4.69) is 57.9 Å². The number of H-pyrrole nitrogens is 1. The van der Waals surface area contributed by atoms with E-state index >= 15 is 0 Å². The Balaban J connectivity index is 1.22. The molecule has 1 aliphatic rings. The quantitative estimate of drug-likeness (QED) is 0.320. The van der Waals surface area contributed by atoms with Crippen molar-refractivity contribution in [2.75, 3.05) is 19.0 Å². The summed E-state index contributed by atoms with van der Waals surface area (Å²) >= 11 is 0. The Labute approximate surface area is 201 Å². The molecule has 0 fully saturated rings. The number of rotatable bonds is 8. The van der Waals surface area contributed by atoms with Gasteiger partial charge in [-0.2, -0.15) is 0 Å². The topological polar surface area (TPSA) is 70.2 Å². The highest BCUT2D eigenvalue weighted by Gasteiger charge is 2.25. The molecule has 0 radical (unpaired) electrons. The number of aromatic nitrogens is 2. The maximum Gasteiger partial charge on any atom is 0.0996 e. The van der Waals surface area contributed by atoms with Gasteiger partial charge in [-0.25, -0.2) is 0 Å². The first-order valence-electron chi connectivity index (χ1n) is 12.1. The summed E-state index contributed by atoms with van der Waals surface area (Å²) < 4.78 is 5.58. The Morgan fingerprint density at radius 2 is 1.94 bits per heavy atom. The van der Waals surface area contributed by atoms with E-state index < -0.39 is 5.60 Å². The minimum atomic E-state index is -0.872. The van der Waals surface area contributed by atoms with E-state index in [4.69, 9.17) is 4.74 Å². The second-order valence-electron chi connectivity index (χ2n) is 9.75. The van der Waals surface area contributed by atoms with E-state index in [0.717, 1.165) is 54.7 Å². The van der Waals surface area contributed by atoms with Crippen molar-refractivity contribution in [2.24, 2.45) is 0 Å². The number of pyridine rings is 1. The van der Waals surface area contributed by atoms with Gasteiger partial charge < -0.3 is 20.1 Å². The molecule has 5 nitrogen and oxygen atoms in total. The number of fused-ring (bicyclic) bond motifs is 2. The summed E-state index contributed by atoms with van der Waals surface area (Å²) in [7, 11) is 1.77. The predicted molar refractivity (Wildman–Crippen MR) is 137 cm³/mol. The third-order valence-corrected chi connectivity index (χ3v) is 6.96. The van der Waals surface area contributed by atoms with Crippen LogP contribution in [-0.2, 0) is 29.6 Å². The lowest BCUT2D eigenvalue weighted by atomic mass is 9.95. The van der Waals surface area contributed by atoms with Crippen molar-refractivity contribution >= 4 is 16.6 Å². The minimum Gasteiger partial charge on any atom is -0.386 e.